The summed E-state index contributed by atoms with van der Waals surface area (Å²) in [5.74, 6) is -1.48. The number of nitrogens with one attached hydrogen (secondary N) is 1. The van der Waals surface area contributed by atoms with Gasteiger partial charge in [-0.3, -0.25) is 9.59 Å². The van der Waals surface area contributed by atoms with Gasteiger partial charge in [-0.2, -0.15) is 0 Å². The molecule has 5 N–H and O–H groups in total. The molecule has 362 valence electrons. The van der Waals surface area contributed by atoms with E-state index in [-0.39, 0.29) is 48.5 Å². The topological polar surface area (TPSA) is 164 Å². The second-order valence-corrected chi connectivity index (χ2v) is 19.7. The molecule has 0 aromatic heterocycles. The number of aromatic hydroxyl groups is 3. The molecule has 6 aromatic carbocycles. The van der Waals surface area contributed by atoms with E-state index < -0.39 is 41.4 Å². The van der Waals surface area contributed by atoms with Crippen LogP contribution in [-0.2, 0) is 51.3 Å². The average Bonchev–Trinajstić information content (AvgIpc) is 3.34. The number of aliphatic hydroxyl groups is 1. The highest BCUT2D eigenvalue weighted by molar-refractivity contribution is 5.98. The molecule has 70 heavy (non-hydrogen) atoms. The van der Waals surface area contributed by atoms with Gasteiger partial charge in [-0.05, 0) is 172 Å². The highest BCUT2D eigenvalue weighted by Crippen LogP contribution is 2.67. The van der Waals surface area contributed by atoms with Crippen molar-refractivity contribution >= 4 is 28.8 Å². The highest BCUT2D eigenvalue weighted by Gasteiger charge is 2.62. The fourth-order valence-corrected chi connectivity index (χ4v) is 13.3. The third-order valence-electron chi connectivity index (χ3n) is 15.9. The first kappa shape index (κ1) is 46.9. The molecule has 10 rings (SSSR count). The Morgan fingerprint density at radius 1 is 0.743 bits per heavy atom. The maximum absolute atomic E-state index is 14.6. The zero-order chi connectivity index (χ0) is 48.8. The number of carbonyl (C=O) groups excluding carboxylic acids is 2. The molecule has 0 saturated heterocycles. The van der Waals surface area contributed by atoms with Crippen molar-refractivity contribution < 1.29 is 49.0 Å². The van der Waals surface area contributed by atoms with Crippen LogP contribution in [0, 0.1) is 17.3 Å². The number of aliphatic hydroxyl groups excluding tert-OH is 1. The predicted octanol–water partition coefficient (Wildman–Crippen LogP) is 9.85. The van der Waals surface area contributed by atoms with E-state index in [0.717, 1.165) is 72.8 Å². The summed E-state index contributed by atoms with van der Waals surface area (Å²) in [6.45, 7) is 1.86. The maximum atomic E-state index is 14.6. The van der Waals surface area contributed by atoms with E-state index >= 15 is 0 Å². The number of phenolic OH excluding ortho intramolecular Hbond substituents is 3. The van der Waals surface area contributed by atoms with E-state index in [2.05, 4.69) is 41.7 Å². The molecule has 6 aromatic rings. The first-order valence-corrected chi connectivity index (χ1v) is 24.5. The van der Waals surface area contributed by atoms with Gasteiger partial charge in [0.15, 0.2) is 23.0 Å². The number of benzene rings is 6. The fourth-order valence-electron chi connectivity index (χ4n) is 13.3. The second kappa shape index (κ2) is 19.2. The lowest BCUT2D eigenvalue weighted by Gasteiger charge is -2.61. The average molecular weight is 944 g/mol. The second-order valence-electron chi connectivity index (χ2n) is 19.7. The summed E-state index contributed by atoms with van der Waals surface area (Å²) in [4.78, 5) is 28.1. The van der Waals surface area contributed by atoms with Gasteiger partial charge in [-0.15, -0.1) is 0 Å². The van der Waals surface area contributed by atoms with Crippen molar-refractivity contribution in [3.63, 3.8) is 0 Å². The van der Waals surface area contributed by atoms with Gasteiger partial charge in [0.1, 0.15) is 18.0 Å². The normalized spacial score (nSPS) is 23.5. The van der Waals surface area contributed by atoms with Crippen molar-refractivity contribution in [3.05, 3.63) is 153 Å². The Hall–Kier alpha value is -6.82. The van der Waals surface area contributed by atoms with Gasteiger partial charge in [0.25, 0.3) is 0 Å². The van der Waals surface area contributed by atoms with Crippen LogP contribution in [0.15, 0.2) is 109 Å². The van der Waals surface area contributed by atoms with Crippen LogP contribution in [-0.4, -0.2) is 72.4 Å². The highest BCUT2D eigenvalue weighted by atomic mass is 16.6. The van der Waals surface area contributed by atoms with Gasteiger partial charge in [0.2, 0.25) is 0 Å². The first-order chi connectivity index (χ1) is 33.9. The van der Waals surface area contributed by atoms with Crippen molar-refractivity contribution in [2.45, 2.75) is 88.9 Å². The summed E-state index contributed by atoms with van der Waals surface area (Å²) < 4.78 is 24.6. The third kappa shape index (κ3) is 8.42. The zero-order valence-corrected chi connectivity index (χ0v) is 40.2. The van der Waals surface area contributed by atoms with Crippen LogP contribution in [0.2, 0.25) is 0 Å². The number of hydrogen-bond donors (Lipinski definition) is 5. The summed E-state index contributed by atoms with van der Waals surface area (Å²) >= 11 is 0. The van der Waals surface area contributed by atoms with Crippen molar-refractivity contribution in [1.82, 2.24) is 5.32 Å². The molecular weight excluding hydrogens is 883 g/mol. The summed E-state index contributed by atoms with van der Waals surface area (Å²) in [7, 11) is 4.95. The number of rotatable bonds is 11. The quantitative estimate of drug-likeness (QED) is 0.0786. The molecule has 1 fully saturated rings. The number of phenols is 3. The van der Waals surface area contributed by atoms with Crippen molar-refractivity contribution in [3.8, 4) is 39.9 Å². The largest absolute Gasteiger partial charge is 0.508 e. The lowest BCUT2D eigenvalue weighted by molar-refractivity contribution is -0.167. The zero-order valence-electron chi connectivity index (χ0n) is 40.2. The van der Waals surface area contributed by atoms with Gasteiger partial charge >= 0.3 is 11.9 Å². The smallest absolute Gasteiger partial charge is 0.310 e. The van der Waals surface area contributed by atoms with Crippen LogP contribution in [0.1, 0.15) is 89.0 Å². The standard InChI is InChI=1S/C59H61NO10/c1-33(62)69-55-28-44(70-58(66)20-34-12-13-39-22-43(63)26-46(45(39)19-34)38-11-7-8-35(18-38)31-60-2)27-49-47-30-57(68-4)53(64)24-40(47)15-17-50(49)59(42-16-14-36-9-5-6-10-37(36)21-42)51(55)23-41-25-56(67-3)54(65)29-48(41)52(59)32-61/h5-13,18-19,21-22,24-26,29-30,44,49-52,55,60-61,63-65H,14-17,20,23,27-28,31-32H2,1-4H3/t44-,49-,50-,51+,52-,55+,59-/m0/s1. The Labute approximate surface area is 408 Å². The third-order valence-corrected chi connectivity index (χ3v) is 15.9. The van der Waals surface area contributed by atoms with E-state index in [1.54, 1.807) is 24.3 Å². The number of hydrogen-bond acceptors (Lipinski definition) is 11. The molecule has 4 aliphatic rings. The Morgan fingerprint density at radius 3 is 2.33 bits per heavy atom. The van der Waals surface area contributed by atoms with Crippen molar-refractivity contribution in [2.24, 2.45) is 17.3 Å². The molecule has 11 nitrogen and oxygen atoms in total. The first-order valence-electron chi connectivity index (χ1n) is 24.5. The van der Waals surface area contributed by atoms with Gasteiger partial charge in [-0.25, -0.2) is 0 Å². The molecule has 0 aliphatic heterocycles. The van der Waals surface area contributed by atoms with Gasteiger partial charge in [-0.1, -0.05) is 66.2 Å². The summed E-state index contributed by atoms with van der Waals surface area (Å²) in [5.41, 5.74) is 9.97. The van der Waals surface area contributed by atoms with Crippen molar-refractivity contribution in [1.29, 1.82) is 0 Å². The van der Waals surface area contributed by atoms with Crippen LogP contribution in [0.3, 0.4) is 0 Å². The Balaban J connectivity index is 1.11. The van der Waals surface area contributed by atoms with Crippen LogP contribution < -0.4 is 14.8 Å². The van der Waals surface area contributed by atoms with Crippen LogP contribution in [0.4, 0.5) is 0 Å². The maximum Gasteiger partial charge on any atom is 0.310 e. The van der Waals surface area contributed by atoms with Crippen LogP contribution >= 0.6 is 0 Å². The SMILES string of the molecule is CNCc1cccc(-c2cc(O)cc3ccc(CC(=O)O[C@@H]4C[C@@H](OC(C)=O)[C@H]5Cc6cc(OC)c(O)cc6[C@H](CO)[C@@]5(C5=Cc6ccccc6CC5)[C@H]5CCc6cc(O)c(OC)cc6[C@@H]5C4)cc23)c1. The summed E-state index contributed by atoms with van der Waals surface area (Å²) in [6.07, 6.45) is 4.58. The fraction of sp³-hybridized carbons (Fsp3) is 0.356. The lowest BCUT2D eigenvalue weighted by atomic mass is 9.43. The number of esters is 2. The monoisotopic (exact) mass is 943 g/mol. The van der Waals surface area contributed by atoms with E-state index in [1.165, 1.54) is 26.7 Å². The van der Waals surface area contributed by atoms with Crippen molar-refractivity contribution in [2.75, 3.05) is 27.9 Å². The number of fused-ring (bicyclic) bond motifs is 8. The number of aryl methyl sites for hydroxylation is 2. The van der Waals surface area contributed by atoms with E-state index in [9.17, 15) is 30.0 Å². The van der Waals surface area contributed by atoms with Crippen LogP contribution in [0.5, 0.6) is 28.7 Å². The Bertz CT molecular complexity index is 3030. The van der Waals surface area contributed by atoms with Gasteiger partial charge < -0.3 is 44.7 Å². The molecule has 0 heterocycles. The molecule has 0 amide bonds. The molecule has 11 heteroatoms. The van der Waals surface area contributed by atoms with E-state index in [0.29, 0.717) is 50.1 Å². The Morgan fingerprint density at radius 2 is 1.54 bits per heavy atom. The minimum absolute atomic E-state index is 0.0177. The van der Waals surface area contributed by atoms with E-state index in [1.807, 2.05) is 55.6 Å². The molecule has 1 saturated carbocycles. The molecule has 0 radical (unpaired) electrons. The molecular formula is C59H61NO10. The minimum atomic E-state index is -0.831. The molecule has 0 spiro atoms. The number of allylic oxidation sites excluding steroid dienone is 1. The van der Waals surface area contributed by atoms with E-state index in [4.69, 9.17) is 18.9 Å². The molecule has 7 atom stereocenters. The molecule has 0 bridgehead atoms. The van der Waals surface area contributed by atoms with Crippen LogP contribution in [0.25, 0.3) is 28.0 Å². The Kier molecular flexibility index (Phi) is 12.8. The number of methoxy groups -OCH3 is 2. The summed E-state index contributed by atoms with van der Waals surface area (Å²) in [5, 5.41) is 50.3. The predicted molar refractivity (Wildman–Crippen MR) is 268 cm³/mol. The van der Waals surface area contributed by atoms with Gasteiger partial charge in [0, 0.05) is 37.1 Å². The lowest BCUT2D eigenvalue weighted by Crippen LogP contribution is -2.58. The minimum Gasteiger partial charge on any atom is -0.508 e. The number of ether oxygens (including phenoxy) is 4. The molecule has 0 unspecified atom stereocenters. The van der Waals surface area contributed by atoms with Gasteiger partial charge in [0.05, 0.1) is 27.2 Å². The summed E-state index contributed by atoms with van der Waals surface area (Å²) in [6, 6.07) is 33.2. The number of carbonyl (C=O) groups is 2. The molecule has 4 aliphatic carbocycles.